The van der Waals surface area contributed by atoms with Gasteiger partial charge in [0.05, 0.1) is 23.8 Å². The smallest absolute Gasteiger partial charge is 0.187 e. The second-order valence-corrected chi connectivity index (χ2v) is 3.93. The molecule has 5 heteroatoms. The highest BCUT2D eigenvalue weighted by Crippen LogP contribution is 2.33. The summed E-state index contributed by atoms with van der Waals surface area (Å²) in [5.74, 6) is -0.497. The quantitative estimate of drug-likeness (QED) is 0.769. The number of furan rings is 1. The van der Waals surface area contributed by atoms with Crippen LogP contribution in [0.5, 0.6) is 0 Å². The van der Waals surface area contributed by atoms with Gasteiger partial charge in [0.25, 0.3) is 0 Å². The van der Waals surface area contributed by atoms with E-state index in [0.717, 1.165) is 10.9 Å². The molecule has 84 valence electrons. The van der Waals surface area contributed by atoms with Crippen LogP contribution < -0.4 is 0 Å². The van der Waals surface area contributed by atoms with Gasteiger partial charge < -0.3 is 13.9 Å². The molecule has 0 aliphatic carbocycles. The Balaban J connectivity index is 2.15. The maximum absolute atomic E-state index is 13.2. The third-order valence-electron chi connectivity index (χ3n) is 2.52. The topological polar surface area (TPSA) is 31.6 Å². The number of halogens is 2. The molecule has 16 heavy (non-hydrogen) atoms. The molecule has 0 spiro atoms. The summed E-state index contributed by atoms with van der Waals surface area (Å²) in [6, 6.07) is 2.78. The zero-order valence-corrected chi connectivity index (χ0v) is 8.96. The minimum atomic E-state index is -0.497. The zero-order chi connectivity index (χ0) is 11.1. The summed E-state index contributed by atoms with van der Waals surface area (Å²) in [6.07, 6.45) is 1.07. The summed E-state index contributed by atoms with van der Waals surface area (Å²) in [6.45, 7) is 1.10. The Morgan fingerprint density at radius 1 is 1.25 bits per heavy atom. The van der Waals surface area contributed by atoms with E-state index < -0.39 is 12.1 Å². The molecule has 0 atom stereocenters. The third kappa shape index (κ3) is 1.50. The molecule has 1 aromatic carbocycles. The van der Waals surface area contributed by atoms with Crippen LogP contribution in [0, 0.1) is 5.82 Å². The lowest BCUT2D eigenvalue weighted by Gasteiger charge is -2.06. The van der Waals surface area contributed by atoms with Gasteiger partial charge in [-0.1, -0.05) is 11.6 Å². The van der Waals surface area contributed by atoms with Crippen molar-refractivity contribution >= 4 is 22.6 Å². The first kappa shape index (κ1) is 10.1. The van der Waals surface area contributed by atoms with Gasteiger partial charge in [0.15, 0.2) is 6.29 Å². The predicted octanol–water partition coefficient (Wildman–Crippen LogP) is 3.27. The summed E-state index contributed by atoms with van der Waals surface area (Å²) in [7, 11) is 0. The van der Waals surface area contributed by atoms with Gasteiger partial charge in [0.2, 0.25) is 0 Å². The van der Waals surface area contributed by atoms with Gasteiger partial charge in [-0.25, -0.2) is 4.39 Å². The van der Waals surface area contributed by atoms with Crippen LogP contribution in [0.2, 0.25) is 5.02 Å². The van der Waals surface area contributed by atoms with Crippen molar-refractivity contribution in [2.45, 2.75) is 6.29 Å². The Hall–Kier alpha value is -1.10. The zero-order valence-electron chi connectivity index (χ0n) is 8.20. The lowest BCUT2D eigenvalue weighted by atomic mass is 10.1. The van der Waals surface area contributed by atoms with Crippen LogP contribution in [0.1, 0.15) is 11.9 Å². The molecule has 1 aliphatic rings. The molecule has 0 amide bonds. The summed E-state index contributed by atoms with van der Waals surface area (Å²) in [4.78, 5) is 0. The first-order valence-electron chi connectivity index (χ1n) is 4.85. The minimum absolute atomic E-state index is 0.0631. The third-order valence-corrected chi connectivity index (χ3v) is 2.81. The Morgan fingerprint density at radius 2 is 2.00 bits per heavy atom. The average molecular weight is 243 g/mol. The lowest BCUT2D eigenvalue weighted by Crippen LogP contribution is -1.96. The van der Waals surface area contributed by atoms with Crippen molar-refractivity contribution in [2.24, 2.45) is 0 Å². The van der Waals surface area contributed by atoms with E-state index in [1.807, 2.05) is 0 Å². The largest absolute Gasteiger partial charge is 0.464 e. The van der Waals surface area contributed by atoms with Crippen LogP contribution in [0.4, 0.5) is 4.39 Å². The molecule has 2 aromatic rings. The molecular formula is C11H8ClFO3. The van der Waals surface area contributed by atoms with E-state index in [1.165, 1.54) is 18.4 Å². The molecule has 1 saturated heterocycles. The predicted molar refractivity (Wildman–Crippen MR) is 55.8 cm³/mol. The van der Waals surface area contributed by atoms with Gasteiger partial charge in [-0.2, -0.15) is 0 Å². The molecule has 1 aromatic heterocycles. The standard InChI is InChI=1S/C11H8ClFO3/c12-8-3-6-7(11-14-1-2-15-11)5-16-10(6)4-9(8)13/h3-5,11H,1-2H2. The molecule has 3 rings (SSSR count). The highest BCUT2D eigenvalue weighted by Gasteiger charge is 2.23. The van der Waals surface area contributed by atoms with Crippen molar-refractivity contribution in [1.29, 1.82) is 0 Å². The first-order valence-corrected chi connectivity index (χ1v) is 5.23. The van der Waals surface area contributed by atoms with Crippen molar-refractivity contribution in [3.05, 3.63) is 34.8 Å². The summed E-state index contributed by atoms with van der Waals surface area (Å²) in [5.41, 5.74) is 1.19. The molecule has 2 heterocycles. The van der Waals surface area contributed by atoms with Crippen LogP contribution in [0.15, 0.2) is 22.8 Å². The van der Waals surface area contributed by atoms with Crippen LogP contribution in [0.25, 0.3) is 11.0 Å². The molecule has 3 nitrogen and oxygen atoms in total. The Labute approximate surface area is 95.7 Å². The number of ether oxygens (including phenoxy) is 2. The van der Waals surface area contributed by atoms with Gasteiger partial charge in [0.1, 0.15) is 17.7 Å². The van der Waals surface area contributed by atoms with Gasteiger partial charge >= 0.3 is 0 Å². The number of hydrogen-bond acceptors (Lipinski definition) is 3. The molecular weight excluding hydrogens is 235 g/mol. The normalized spacial score (nSPS) is 17.4. The maximum Gasteiger partial charge on any atom is 0.187 e. The van der Waals surface area contributed by atoms with E-state index in [4.69, 9.17) is 25.5 Å². The molecule has 1 aliphatic heterocycles. The number of benzene rings is 1. The Morgan fingerprint density at radius 3 is 2.75 bits per heavy atom. The number of fused-ring (bicyclic) bond motifs is 1. The average Bonchev–Trinajstić information content (AvgIpc) is 2.87. The molecule has 0 bridgehead atoms. The Bertz CT molecular complexity index is 531. The Kier molecular flexibility index (Phi) is 2.35. The highest BCUT2D eigenvalue weighted by molar-refractivity contribution is 6.31. The van der Waals surface area contributed by atoms with E-state index in [1.54, 1.807) is 0 Å². The minimum Gasteiger partial charge on any atom is -0.464 e. The van der Waals surface area contributed by atoms with Gasteiger partial charge in [-0.05, 0) is 6.07 Å². The highest BCUT2D eigenvalue weighted by atomic mass is 35.5. The van der Waals surface area contributed by atoms with Crippen molar-refractivity contribution in [1.82, 2.24) is 0 Å². The summed E-state index contributed by atoms with van der Waals surface area (Å²) < 4.78 is 29.1. The van der Waals surface area contributed by atoms with E-state index in [-0.39, 0.29) is 5.02 Å². The lowest BCUT2D eigenvalue weighted by molar-refractivity contribution is -0.0435. The summed E-state index contributed by atoms with van der Waals surface area (Å²) >= 11 is 5.72. The van der Waals surface area contributed by atoms with E-state index in [2.05, 4.69) is 0 Å². The fourth-order valence-corrected chi connectivity index (χ4v) is 1.93. The molecule has 0 N–H and O–H groups in total. The monoisotopic (exact) mass is 242 g/mol. The number of rotatable bonds is 1. The number of hydrogen-bond donors (Lipinski definition) is 0. The van der Waals surface area contributed by atoms with Crippen LogP contribution in [-0.2, 0) is 9.47 Å². The van der Waals surface area contributed by atoms with Crippen LogP contribution in [-0.4, -0.2) is 13.2 Å². The molecule has 0 saturated carbocycles. The van der Waals surface area contributed by atoms with Crippen molar-refractivity contribution in [3.63, 3.8) is 0 Å². The molecule has 0 unspecified atom stereocenters. The fraction of sp³-hybridized carbons (Fsp3) is 0.273. The van der Waals surface area contributed by atoms with E-state index in [9.17, 15) is 4.39 Å². The second kappa shape index (κ2) is 3.73. The van der Waals surface area contributed by atoms with Crippen LogP contribution >= 0.6 is 11.6 Å². The van der Waals surface area contributed by atoms with Crippen molar-refractivity contribution in [3.8, 4) is 0 Å². The van der Waals surface area contributed by atoms with Gasteiger partial charge in [-0.3, -0.25) is 0 Å². The van der Waals surface area contributed by atoms with Crippen molar-refractivity contribution in [2.75, 3.05) is 13.2 Å². The van der Waals surface area contributed by atoms with Crippen LogP contribution in [0.3, 0.4) is 0 Å². The second-order valence-electron chi connectivity index (χ2n) is 3.53. The SMILES string of the molecule is Fc1cc2occ(C3OCCO3)c2cc1Cl. The van der Waals surface area contributed by atoms with Crippen molar-refractivity contribution < 1.29 is 18.3 Å². The van der Waals surface area contributed by atoms with Gasteiger partial charge in [-0.15, -0.1) is 0 Å². The first-order chi connectivity index (χ1) is 7.75. The van der Waals surface area contributed by atoms with E-state index in [0.29, 0.717) is 18.8 Å². The molecule has 0 radical (unpaired) electrons. The maximum atomic E-state index is 13.2. The van der Waals surface area contributed by atoms with E-state index >= 15 is 0 Å². The van der Waals surface area contributed by atoms with Gasteiger partial charge in [0, 0.05) is 11.5 Å². The summed E-state index contributed by atoms with van der Waals surface area (Å²) in [5, 5.41) is 0.784. The molecule has 1 fully saturated rings. The fourth-order valence-electron chi connectivity index (χ4n) is 1.76.